The molecule has 0 aromatic carbocycles. The zero-order valence-corrected chi connectivity index (χ0v) is 9.92. The SMILES string of the molecule is CCCN1CCN(CCN)CC1(C)C. The van der Waals surface area contributed by atoms with Crippen molar-refractivity contribution < 1.29 is 0 Å². The van der Waals surface area contributed by atoms with E-state index in [2.05, 4.69) is 30.6 Å². The molecule has 0 amide bonds. The van der Waals surface area contributed by atoms with Crippen LogP contribution in [0.15, 0.2) is 0 Å². The summed E-state index contributed by atoms with van der Waals surface area (Å²) in [5.41, 5.74) is 5.91. The number of hydrogen-bond donors (Lipinski definition) is 1. The summed E-state index contributed by atoms with van der Waals surface area (Å²) < 4.78 is 0. The lowest BCUT2D eigenvalue weighted by atomic mass is 9.98. The maximum atomic E-state index is 5.59. The largest absolute Gasteiger partial charge is 0.329 e. The van der Waals surface area contributed by atoms with E-state index in [1.807, 2.05) is 0 Å². The van der Waals surface area contributed by atoms with Crippen LogP contribution in [0.4, 0.5) is 0 Å². The lowest BCUT2D eigenvalue weighted by molar-refractivity contribution is 0.0215. The quantitative estimate of drug-likeness (QED) is 0.725. The topological polar surface area (TPSA) is 32.5 Å². The summed E-state index contributed by atoms with van der Waals surface area (Å²) in [4.78, 5) is 5.08. The predicted molar refractivity (Wildman–Crippen MR) is 61.4 cm³/mol. The number of rotatable bonds is 4. The highest BCUT2D eigenvalue weighted by Crippen LogP contribution is 2.20. The number of nitrogens with zero attached hydrogens (tertiary/aromatic N) is 2. The molecular weight excluding hydrogens is 174 g/mol. The normalized spacial score (nSPS) is 24.0. The zero-order chi connectivity index (χ0) is 10.6. The van der Waals surface area contributed by atoms with Crippen molar-refractivity contribution in [1.82, 2.24) is 9.80 Å². The average Bonchev–Trinajstić information content (AvgIpc) is 2.10. The molecule has 1 heterocycles. The second-order valence-electron chi connectivity index (χ2n) is 4.86. The molecule has 0 unspecified atom stereocenters. The second-order valence-corrected chi connectivity index (χ2v) is 4.86. The van der Waals surface area contributed by atoms with Crippen LogP contribution in [-0.4, -0.2) is 54.6 Å². The van der Waals surface area contributed by atoms with Crippen LogP contribution < -0.4 is 5.73 Å². The Morgan fingerprint density at radius 3 is 2.43 bits per heavy atom. The molecule has 0 aliphatic carbocycles. The minimum atomic E-state index is 0.323. The molecule has 84 valence electrons. The summed E-state index contributed by atoms with van der Waals surface area (Å²) in [7, 11) is 0. The van der Waals surface area contributed by atoms with Crippen LogP contribution in [0.25, 0.3) is 0 Å². The summed E-state index contributed by atoms with van der Waals surface area (Å²) in [6, 6.07) is 0. The van der Waals surface area contributed by atoms with E-state index in [-0.39, 0.29) is 0 Å². The molecule has 0 aromatic rings. The molecule has 14 heavy (non-hydrogen) atoms. The summed E-state index contributed by atoms with van der Waals surface area (Å²) in [6.07, 6.45) is 1.25. The van der Waals surface area contributed by atoms with Gasteiger partial charge >= 0.3 is 0 Å². The fourth-order valence-corrected chi connectivity index (χ4v) is 2.35. The van der Waals surface area contributed by atoms with Crippen LogP contribution >= 0.6 is 0 Å². The van der Waals surface area contributed by atoms with Gasteiger partial charge in [0.15, 0.2) is 0 Å². The van der Waals surface area contributed by atoms with Gasteiger partial charge in [-0.05, 0) is 26.8 Å². The third-order valence-corrected chi connectivity index (χ3v) is 3.09. The molecule has 0 spiro atoms. The van der Waals surface area contributed by atoms with Gasteiger partial charge in [0.25, 0.3) is 0 Å². The molecule has 0 bridgehead atoms. The third kappa shape index (κ3) is 2.94. The highest BCUT2D eigenvalue weighted by atomic mass is 15.3. The van der Waals surface area contributed by atoms with Crippen molar-refractivity contribution in [2.75, 3.05) is 39.3 Å². The molecule has 1 saturated heterocycles. The number of piperazine rings is 1. The van der Waals surface area contributed by atoms with Crippen LogP contribution in [-0.2, 0) is 0 Å². The van der Waals surface area contributed by atoms with Crippen molar-refractivity contribution in [3.63, 3.8) is 0 Å². The van der Waals surface area contributed by atoms with E-state index in [1.165, 1.54) is 26.1 Å². The van der Waals surface area contributed by atoms with E-state index in [0.717, 1.165) is 19.6 Å². The highest BCUT2D eigenvalue weighted by Gasteiger charge is 2.32. The third-order valence-electron chi connectivity index (χ3n) is 3.09. The minimum absolute atomic E-state index is 0.323. The van der Waals surface area contributed by atoms with Crippen LogP contribution in [0.1, 0.15) is 27.2 Å². The van der Waals surface area contributed by atoms with E-state index >= 15 is 0 Å². The Kier molecular flexibility index (Phi) is 4.35. The molecule has 0 radical (unpaired) electrons. The molecule has 1 rings (SSSR count). The summed E-state index contributed by atoms with van der Waals surface area (Å²) in [6.45, 7) is 13.5. The monoisotopic (exact) mass is 199 g/mol. The van der Waals surface area contributed by atoms with E-state index in [0.29, 0.717) is 5.54 Å². The smallest absolute Gasteiger partial charge is 0.0280 e. The van der Waals surface area contributed by atoms with Gasteiger partial charge in [0.2, 0.25) is 0 Å². The Morgan fingerprint density at radius 2 is 1.93 bits per heavy atom. The Labute approximate surface area is 88.2 Å². The van der Waals surface area contributed by atoms with E-state index < -0.39 is 0 Å². The van der Waals surface area contributed by atoms with E-state index in [1.54, 1.807) is 0 Å². The van der Waals surface area contributed by atoms with Gasteiger partial charge in [-0.25, -0.2) is 0 Å². The van der Waals surface area contributed by atoms with Gasteiger partial charge in [0.1, 0.15) is 0 Å². The first kappa shape index (κ1) is 12.0. The number of nitrogens with two attached hydrogens (primary N) is 1. The first-order valence-corrected chi connectivity index (χ1v) is 5.77. The van der Waals surface area contributed by atoms with Gasteiger partial charge in [0.05, 0.1) is 0 Å². The van der Waals surface area contributed by atoms with Crippen LogP contribution in [0.3, 0.4) is 0 Å². The standard InChI is InChI=1S/C11H25N3/c1-4-6-14-9-8-13(7-5-12)10-11(14,2)3/h4-10,12H2,1-3H3. The Morgan fingerprint density at radius 1 is 1.21 bits per heavy atom. The van der Waals surface area contributed by atoms with Crippen molar-refractivity contribution in [3.05, 3.63) is 0 Å². The van der Waals surface area contributed by atoms with Crippen molar-refractivity contribution >= 4 is 0 Å². The zero-order valence-electron chi connectivity index (χ0n) is 9.92. The average molecular weight is 199 g/mol. The van der Waals surface area contributed by atoms with Crippen LogP contribution in [0, 0.1) is 0 Å². The van der Waals surface area contributed by atoms with E-state index in [4.69, 9.17) is 5.73 Å². The van der Waals surface area contributed by atoms with Crippen molar-refractivity contribution in [2.45, 2.75) is 32.7 Å². The van der Waals surface area contributed by atoms with Gasteiger partial charge in [-0.1, -0.05) is 6.92 Å². The molecule has 3 heteroatoms. The molecule has 1 aliphatic heterocycles. The maximum Gasteiger partial charge on any atom is 0.0280 e. The molecular formula is C11H25N3. The lowest BCUT2D eigenvalue weighted by Gasteiger charge is -2.47. The van der Waals surface area contributed by atoms with Gasteiger partial charge in [-0.15, -0.1) is 0 Å². The van der Waals surface area contributed by atoms with Gasteiger partial charge in [-0.3, -0.25) is 9.80 Å². The first-order valence-electron chi connectivity index (χ1n) is 5.77. The summed E-state index contributed by atoms with van der Waals surface area (Å²) in [5.74, 6) is 0. The fraction of sp³-hybridized carbons (Fsp3) is 1.00. The molecule has 0 aromatic heterocycles. The van der Waals surface area contributed by atoms with Gasteiger partial charge < -0.3 is 5.73 Å². The predicted octanol–water partition coefficient (Wildman–Crippen LogP) is 0.751. The molecule has 1 aliphatic rings. The van der Waals surface area contributed by atoms with Gasteiger partial charge in [0, 0.05) is 38.3 Å². The Hall–Kier alpha value is -0.120. The van der Waals surface area contributed by atoms with Crippen molar-refractivity contribution in [1.29, 1.82) is 0 Å². The van der Waals surface area contributed by atoms with E-state index in [9.17, 15) is 0 Å². The van der Waals surface area contributed by atoms with Crippen molar-refractivity contribution in [3.8, 4) is 0 Å². The maximum absolute atomic E-state index is 5.59. The second kappa shape index (κ2) is 5.10. The Bertz CT molecular complexity index is 168. The Balaban J connectivity index is 2.47. The fourth-order valence-electron chi connectivity index (χ4n) is 2.35. The van der Waals surface area contributed by atoms with Crippen molar-refractivity contribution in [2.24, 2.45) is 5.73 Å². The highest BCUT2D eigenvalue weighted by molar-refractivity contribution is 4.89. The molecule has 1 fully saturated rings. The number of hydrogen-bond acceptors (Lipinski definition) is 3. The van der Waals surface area contributed by atoms with Crippen LogP contribution in [0.2, 0.25) is 0 Å². The van der Waals surface area contributed by atoms with Gasteiger partial charge in [-0.2, -0.15) is 0 Å². The molecule has 0 saturated carbocycles. The first-order chi connectivity index (χ1) is 6.60. The lowest BCUT2D eigenvalue weighted by Crippen LogP contribution is -2.59. The minimum Gasteiger partial charge on any atom is -0.329 e. The van der Waals surface area contributed by atoms with Crippen LogP contribution in [0.5, 0.6) is 0 Å². The molecule has 0 atom stereocenters. The summed E-state index contributed by atoms with van der Waals surface area (Å²) in [5, 5.41) is 0. The molecule has 2 N–H and O–H groups in total. The summed E-state index contributed by atoms with van der Waals surface area (Å²) >= 11 is 0. The molecule has 3 nitrogen and oxygen atoms in total.